The maximum absolute atomic E-state index is 12.8. The predicted molar refractivity (Wildman–Crippen MR) is 89.6 cm³/mol. The number of piperidine rings is 1. The molecule has 0 radical (unpaired) electrons. The van der Waals surface area contributed by atoms with Crippen molar-refractivity contribution in [3.05, 3.63) is 53.6 Å². The van der Waals surface area contributed by atoms with Gasteiger partial charge in [0.25, 0.3) is 5.91 Å². The van der Waals surface area contributed by atoms with E-state index in [2.05, 4.69) is 5.32 Å². The average molecular weight is 336 g/mol. The van der Waals surface area contributed by atoms with Crippen molar-refractivity contribution in [3.63, 3.8) is 0 Å². The number of phenols is 1. The summed E-state index contributed by atoms with van der Waals surface area (Å²) < 4.78 is 0. The van der Waals surface area contributed by atoms with Crippen LogP contribution in [0.5, 0.6) is 5.75 Å². The van der Waals surface area contributed by atoms with Crippen molar-refractivity contribution in [2.75, 3.05) is 0 Å². The molecule has 6 heteroatoms. The molecule has 1 unspecified atom stereocenters. The van der Waals surface area contributed by atoms with Gasteiger partial charge in [-0.1, -0.05) is 24.3 Å². The van der Waals surface area contributed by atoms with Crippen LogP contribution in [0, 0.1) is 0 Å². The second-order valence-corrected chi connectivity index (χ2v) is 6.32. The molecule has 0 aliphatic carbocycles. The lowest BCUT2D eigenvalue weighted by molar-refractivity contribution is -0.136. The highest BCUT2D eigenvalue weighted by Gasteiger charge is 2.39. The third-order valence-corrected chi connectivity index (χ3v) is 4.71. The smallest absolute Gasteiger partial charge is 0.255 e. The summed E-state index contributed by atoms with van der Waals surface area (Å²) in [5, 5.41) is 11.9. The molecule has 0 aromatic heterocycles. The Morgan fingerprint density at radius 1 is 1.04 bits per heavy atom. The van der Waals surface area contributed by atoms with Gasteiger partial charge in [-0.2, -0.15) is 0 Å². The molecule has 0 saturated carbocycles. The normalized spacial score (nSPS) is 19.8. The Morgan fingerprint density at radius 2 is 1.84 bits per heavy atom. The topological polar surface area (TPSA) is 86.7 Å². The number of fused-ring (bicyclic) bond motifs is 1. The van der Waals surface area contributed by atoms with Crippen molar-refractivity contribution in [3.8, 4) is 16.9 Å². The summed E-state index contributed by atoms with van der Waals surface area (Å²) in [6.07, 6.45) is 0.592. The Labute approximate surface area is 144 Å². The number of aromatic hydroxyl groups is 1. The standard InChI is InChI=1S/C19H16N2O4/c22-14-3-1-2-11(8-14)12-4-5-13-10-21(19(25)15(13)9-12)16-6-7-17(23)20-18(16)24/h1-5,8-9,16,22H,6-7,10H2,(H,20,23,24). The number of amides is 3. The fraction of sp³-hybridized carbons (Fsp3) is 0.211. The molecular formula is C19H16N2O4. The number of carbonyl (C=O) groups is 3. The molecular weight excluding hydrogens is 320 g/mol. The molecule has 25 heavy (non-hydrogen) atoms. The summed E-state index contributed by atoms with van der Waals surface area (Å²) in [5.41, 5.74) is 3.06. The molecule has 0 spiro atoms. The minimum absolute atomic E-state index is 0.162. The molecule has 3 amide bonds. The van der Waals surface area contributed by atoms with Crippen molar-refractivity contribution >= 4 is 17.7 Å². The van der Waals surface area contributed by atoms with Gasteiger partial charge in [-0.25, -0.2) is 0 Å². The van der Waals surface area contributed by atoms with E-state index in [1.54, 1.807) is 24.3 Å². The zero-order valence-corrected chi connectivity index (χ0v) is 13.4. The van der Waals surface area contributed by atoms with E-state index in [0.29, 0.717) is 18.5 Å². The van der Waals surface area contributed by atoms with Crippen LogP contribution in [-0.4, -0.2) is 33.8 Å². The third-order valence-electron chi connectivity index (χ3n) is 4.71. The molecule has 1 saturated heterocycles. The van der Waals surface area contributed by atoms with Crippen LogP contribution < -0.4 is 5.32 Å². The van der Waals surface area contributed by atoms with Crippen molar-refractivity contribution in [2.45, 2.75) is 25.4 Å². The molecule has 4 rings (SSSR count). The van der Waals surface area contributed by atoms with Gasteiger partial charge in [-0.15, -0.1) is 0 Å². The Balaban J connectivity index is 1.64. The number of benzene rings is 2. The van der Waals surface area contributed by atoms with Gasteiger partial charge in [0.1, 0.15) is 11.8 Å². The molecule has 2 aromatic rings. The predicted octanol–water partition coefficient (Wildman–Crippen LogP) is 1.82. The quantitative estimate of drug-likeness (QED) is 0.819. The highest BCUT2D eigenvalue weighted by molar-refractivity contribution is 6.05. The minimum Gasteiger partial charge on any atom is -0.508 e. The monoisotopic (exact) mass is 336 g/mol. The van der Waals surface area contributed by atoms with E-state index in [-0.39, 0.29) is 24.0 Å². The zero-order valence-electron chi connectivity index (χ0n) is 13.4. The molecule has 2 aromatic carbocycles. The Bertz CT molecular complexity index is 906. The van der Waals surface area contributed by atoms with Crippen molar-refractivity contribution in [1.82, 2.24) is 10.2 Å². The maximum atomic E-state index is 12.8. The SMILES string of the molecule is O=C1CCC(N2Cc3ccc(-c4cccc(O)c4)cc3C2=O)C(=O)N1. The van der Waals surface area contributed by atoms with Crippen LogP contribution in [0.1, 0.15) is 28.8 Å². The van der Waals surface area contributed by atoms with Gasteiger partial charge < -0.3 is 10.0 Å². The van der Waals surface area contributed by atoms with Gasteiger partial charge in [0.2, 0.25) is 11.8 Å². The number of nitrogens with zero attached hydrogens (tertiary/aromatic N) is 1. The second-order valence-electron chi connectivity index (χ2n) is 6.32. The van der Waals surface area contributed by atoms with E-state index in [4.69, 9.17) is 0 Å². The fourth-order valence-corrected chi connectivity index (χ4v) is 3.42. The number of rotatable bonds is 2. The van der Waals surface area contributed by atoms with E-state index in [9.17, 15) is 19.5 Å². The molecule has 2 aliphatic heterocycles. The molecule has 0 bridgehead atoms. The maximum Gasteiger partial charge on any atom is 0.255 e. The summed E-state index contributed by atoms with van der Waals surface area (Å²) in [6.45, 7) is 0.362. The van der Waals surface area contributed by atoms with Crippen LogP contribution in [0.15, 0.2) is 42.5 Å². The van der Waals surface area contributed by atoms with Crippen molar-refractivity contribution in [1.29, 1.82) is 0 Å². The van der Waals surface area contributed by atoms with Crippen molar-refractivity contribution < 1.29 is 19.5 Å². The molecule has 126 valence electrons. The van der Waals surface area contributed by atoms with Crippen LogP contribution in [0.25, 0.3) is 11.1 Å². The molecule has 2 aliphatic rings. The van der Waals surface area contributed by atoms with Gasteiger partial charge in [-0.05, 0) is 41.3 Å². The van der Waals surface area contributed by atoms with Crippen LogP contribution in [0.3, 0.4) is 0 Å². The van der Waals surface area contributed by atoms with Crippen LogP contribution in [0.2, 0.25) is 0 Å². The molecule has 6 nitrogen and oxygen atoms in total. The highest BCUT2D eigenvalue weighted by Crippen LogP contribution is 2.31. The minimum atomic E-state index is -0.609. The van der Waals surface area contributed by atoms with E-state index in [0.717, 1.165) is 16.7 Å². The highest BCUT2D eigenvalue weighted by atomic mass is 16.3. The molecule has 2 N–H and O–H groups in total. The zero-order chi connectivity index (χ0) is 17.6. The lowest BCUT2D eigenvalue weighted by atomic mass is 10.0. The van der Waals surface area contributed by atoms with Gasteiger partial charge in [0, 0.05) is 18.5 Å². The van der Waals surface area contributed by atoms with Gasteiger partial charge in [0.15, 0.2) is 0 Å². The lowest BCUT2D eigenvalue weighted by Gasteiger charge is -2.29. The second kappa shape index (κ2) is 5.73. The fourth-order valence-electron chi connectivity index (χ4n) is 3.42. The third kappa shape index (κ3) is 2.65. The summed E-state index contributed by atoms with van der Waals surface area (Å²) in [6, 6.07) is 11.8. The van der Waals surface area contributed by atoms with Crippen LogP contribution in [-0.2, 0) is 16.1 Å². The number of hydrogen-bond donors (Lipinski definition) is 2. The molecule has 2 heterocycles. The largest absolute Gasteiger partial charge is 0.508 e. The Kier molecular flexibility index (Phi) is 3.53. The van der Waals surface area contributed by atoms with Gasteiger partial charge in [0.05, 0.1) is 0 Å². The first-order valence-corrected chi connectivity index (χ1v) is 8.10. The first kappa shape index (κ1) is 15.4. The Hall–Kier alpha value is -3.15. The van der Waals surface area contributed by atoms with Gasteiger partial charge in [-0.3, -0.25) is 19.7 Å². The summed E-state index contributed by atoms with van der Waals surface area (Å²) >= 11 is 0. The number of imide groups is 1. The van der Waals surface area contributed by atoms with E-state index < -0.39 is 11.9 Å². The van der Waals surface area contributed by atoms with Crippen LogP contribution >= 0.6 is 0 Å². The summed E-state index contributed by atoms with van der Waals surface area (Å²) in [4.78, 5) is 37.7. The number of hydrogen-bond acceptors (Lipinski definition) is 4. The summed E-state index contributed by atoms with van der Waals surface area (Å²) in [5.74, 6) is -0.747. The van der Waals surface area contributed by atoms with Gasteiger partial charge >= 0.3 is 0 Å². The van der Waals surface area contributed by atoms with Crippen molar-refractivity contribution in [2.24, 2.45) is 0 Å². The average Bonchev–Trinajstić information content (AvgIpc) is 2.91. The number of phenolic OH excluding ortho intramolecular Hbond substituents is 1. The lowest BCUT2D eigenvalue weighted by Crippen LogP contribution is -2.52. The van der Waals surface area contributed by atoms with E-state index in [1.807, 2.05) is 18.2 Å². The van der Waals surface area contributed by atoms with E-state index >= 15 is 0 Å². The first-order valence-electron chi connectivity index (χ1n) is 8.10. The van der Waals surface area contributed by atoms with Crippen LogP contribution in [0.4, 0.5) is 0 Å². The summed E-state index contributed by atoms with van der Waals surface area (Å²) in [7, 11) is 0. The molecule has 1 atom stereocenters. The van der Waals surface area contributed by atoms with E-state index in [1.165, 1.54) is 4.90 Å². The molecule has 1 fully saturated rings. The number of nitrogens with one attached hydrogen (secondary N) is 1. The first-order chi connectivity index (χ1) is 12.0. The number of carbonyl (C=O) groups excluding carboxylic acids is 3. The Morgan fingerprint density at radius 3 is 2.60 bits per heavy atom.